The predicted octanol–water partition coefficient (Wildman–Crippen LogP) is 2.91. The van der Waals surface area contributed by atoms with E-state index in [9.17, 15) is 9.59 Å². The summed E-state index contributed by atoms with van der Waals surface area (Å²) >= 11 is 0. The van der Waals surface area contributed by atoms with Crippen molar-refractivity contribution in [2.45, 2.75) is 25.6 Å². The molecule has 0 aliphatic carbocycles. The molecule has 1 aliphatic heterocycles. The van der Waals surface area contributed by atoms with Crippen LogP contribution < -0.4 is 10.5 Å². The van der Waals surface area contributed by atoms with Crippen LogP contribution in [0.3, 0.4) is 0 Å². The largest absolute Gasteiger partial charge is 0.486 e. The summed E-state index contributed by atoms with van der Waals surface area (Å²) in [6.07, 6.45) is 0.405. The van der Waals surface area contributed by atoms with Gasteiger partial charge >= 0.3 is 0 Å². The molecule has 0 saturated carbocycles. The van der Waals surface area contributed by atoms with E-state index >= 15 is 0 Å². The third kappa shape index (κ3) is 3.62. The molecule has 2 N–H and O–H groups in total. The van der Waals surface area contributed by atoms with E-state index in [1.165, 1.54) is 4.90 Å². The number of carbonyl (C=O) groups excluding carboxylic acids is 2. The Morgan fingerprint density at radius 2 is 1.71 bits per heavy atom. The Labute approximate surface area is 162 Å². The minimum atomic E-state index is -0.698. The first-order valence-corrected chi connectivity index (χ1v) is 9.05. The van der Waals surface area contributed by atoms with Crippen molar-refractivity contribution in [1.82, 2.24) is 4.90 Å². The average Bonchev–Trinajstić information content (AvgIpc) is 3.20. The van der Waals surface area contributed by atoms with Crippen molar-refractivity contribution in [1.29, 1.82) is 0 Å². The Morgan fingerprint density at radius 1 is 1.00 bits per heavy atom. The van der Waals surface area contributed by atoms with Crippen molar-refractivity contribution in [3.05, 3.63) is 89.4 Å². The first-order chi connectivity index (χ1) is 13.6. The van der Waals surface area contributed by atoms with Crippen molar-refractivity contribution in [3.8, 4) is 5.75 Å². The lowest BCUT2D eigenvalue weighted by molar-refractivity contribution is -0.122. The van der Waals surface area contributed by atoms with E-state index in [1.54, 1.807) is 12.1 Å². The molecule has 2 aromatic carbocycles. The smallest absolute Gasteiger partial charge is 0.290 e. The van der Waals surface area contributed by atoms with E-state index in [0.29, 0.717) is 24.5 Å². The summed E-state index contributed by atoms with van der Waals surface area (Å²) in [4.78, 5) is 26.4. The van der Waals surface area contributed by atoms with Crippen LogP contribution in [-0.2, 0) is 24.4 Å². The van der Waals surface area contributed by atoms with Gasteiger partial charge in [0.15, 0.2) is 5.76 Å². The second-order valence-electron chi connectivity index (χ2n) is 6.69. The topological polar surface area (TPSA) is 85.8 Å². The lowest BCUT2D eigenvalue weighted by atomic mass is 9.93. The molecular formula is C22H20N2O4. The minimum absolute atomic E-state index is 0.164. The Balaban J connectivity index is 1.50. The number of nitrogens with zero attached hydrogens (tertiary/aromatic N) is 1. The summed E-state index contributed by atoms with van der Waals surface area (Å²) in [7, 11) is 0. The first-order valence-electron chi connectivity index (χ1n) is 9.05. The van der Waals surface area contributed by atoms with Crippen LogP contribution in [0.5, 0.6) is 5.75 Å². The molecule has 1 aromatic heterocycles. The zero-order valence-electron chi connectivity index (χ0n) is 15.2. The number of nitrogens with two attached hydrogens (primary N) is 1. The summed E-state index contributed by atoms with van der Waals surface area (Å²) in [5.41, 5.74) is 7.61. The van der Waals surface area contributed by atoms with Crippen LogP contribution in [0.1, 0.15) is 27.4 Å². The van der Waals surface area contributed by atoms with Gasteiger partial charge in [0, 0.05) is 13.0 Å². The number of fused-ring (bicyclic) bond motifs is 1. The first kappa shape index (κ1) is 17.9. The lowest BCUT2D eigenvalue weighted by Gasteiger charge is -2.34. The molecule has 28 heavy (non-hydrogen) atoms. The van der Waals surface area contributed by atoms with E-state index in [-0.39, 0.29) is 18.3 Å². The van der Waals surface area contributed by atoms with Crippen LogP contribution in [0.25, 0.3) is 0 Å². The van der Waals surface area contributed by atoms with Crippen LogP contribution in [0.2, 0.25) is 0 Å². The number of benzene rings is 2. The highest BCUT2D eigenvalue weighted by Crippen LogP contribution is 2.25. The van der Waals surface area contributed by atoms with Crippen LogP contribution >= 0.6 is 0 Å². The maximum atomic E-state index is 13.0. The monoisotopic (exact) mass is 376 g/mol. The molecule has 0 saturated heterocycles. The van der Waals surface area contributed by atoms with Gasteiger partial charge < -0.3 is 19.8 Å². The maximum absolute atomic E-state index is 13.0. The molecule has 2 heterocycles. The fourth-order valence-corrected chi connectivity index (χ4v) is 3.37. The molecule has 0 unspecified atom stereocenters. The summed E-state index contributed by atoms with van der Waals surface area (Å²) in [6.45, 7) is 0.526. The molecule has 6 heteroatoms. The van der Waals surface area contributed by atoms with Gasteiger partial charge in [0.05, 0.1) is 0 Å². The van der Waals surface area contributed by atoms with Crippen LogP contribution in [0, 0.1) is 0 Å². The molecule has 3 aromatic rings. The van der Waals surface area contributed by atoms with Gasteiger partial charge in [-0.25, -0.2) is 0 Å². The molecule has 0 spiro atoms. The number of rotatable bonds is 5. The highest BCUT2D eigenvalue weighted by Gasteiger charge is 2.34. The van der Waals surface area contributed by atoms with E-state index in [0.717, 1.165) is 11.1 Å². The van der Waals surface area contributed by atoms with Gasteiger partial charge in [-0.05, 0) is 35.4 Å². The summed E-state index contributed by atoms with van der Waals surface area (Å²) < 4.78 is 11.3. The van der Waals surface area contributed by atoms with Crippen LogP contribution in [0.4, 0.5) is 0 Å². The standard InChI is InChI=1S/C22H20N2O4/c23-21(25)19-12-15-6-4-5-7-16(15)13-24(19)22(26)20-11-10-18(28-20)14-27-17-8-2-1-3-9-17/h1-11,19H,12-14H2,(H2,23,25)/t19-/m0/s1. The third-order valence-electron chi connectivity index (χ3n) is 4.83. The molecule has 2 amide bonds. The Morgan fingerprint density at radius 3 is 2.46 bits per heavy atom. The van der Waals surface area contributed by atoms with E-state index in [2.05, 4.69) is 0 Å². The normalized spacial score (nSPS) is 15.7. The number of amides is 2. The SMILES string of the molecule is NC(=O)[C@@H]1Cc2ccccc2CN1C(=O)c1ccc(COc2ccccc2)o1. The number of hydrogen-bond acceptors (Lipinski definition) is 4. The number of carbonyl (C=O) groups is 2. The number of ether oxygens (including phenoxy) is 1. The maximum Gasteiger partial charge on any atom is 0.290 e. The molecule has 6 nitrogen and oxygen atoms in total. The van der Waals surface area contributed by atoms with E-state index in [1.807, 2.05) is 54.6 Å². The molecule has 0 fully saturated rings. The Hall–Kier alpha value is -3.54. The van der Waals surface area contributed by atoms with E-state index in [4.69, 9.17) is 14.9 Å². The van der Waals surface area contributed by atoms with Gasteiger partial charge in [-0.1, -0.05) is 42.5 Å². The predicted molar refractivity (Wildman–Crippen MR) is 102 cm³/mol. The van der Waals surface area contributed by atoms with Gasteiger partial charge in [0.1, 0.15) is 24.2 Å². The highest BCUT2D eigenvalue weighted by molar-refractivity contribution is 5.95. The van der Waals surface area contributed by atoms with Crippen LogP contribution in [-0.4, -0.2) is 22.8 Å². The lowest BCUT2D eigenvalue weighted by Crippen LogP contribution is -2.51. The van der Waals surface area contributed by atoms with Gasteiger partial charge in [0.25, 0.3) is 5.91 Å². The van der Waals surface area contributed by atoms with Gasteiger partial charge in [-0.15, -0.1) is 0 Å². The summed E-state index contributed by atoms with van der Waals surface area (Å²) in [6, 6.07) is 19.7. The van der Waals surface area contributed by atoms with Crippen molar-refractivity contribution >= 4 is 11.8 Å². The van der Waals surface area contributed by atoms with Crippen LogP contribution in [0.15, 0.2) is 71.1 Å². The minimum Gasteiger partial charge on any atom is -0.486 e. The van der Waals surface area contributed by atoms with Crippen molar-refractivity contribution in [2.75, 3.05) is 0 Å². The third-order valence-corrected chi connectivity index (χ3v) is 4.83. The molecule has 142 valence electrons. The van der Waals surface area contributed by atoms with Gasteiger partial charge in [-0.2, -0.15) is 0 Å². The zero-order chi connectivity index (χ0) is 19.5. The number of furan rings is 1. The number of hydrogen-bond donors (Lipinski definition) is 1. The fraction of sp³-hybridized carbons (Fsp3) is 0.182. The molecule has 4 rings (SSSR count). The van der Waals surface area contributed by atoms with Crippen molar-refractivity contribution in [2.24, 2.45) is 5.73 Å². The average molecular weight is 376 g/mol. The second-order valence-corrected chi connectivity index (χ2v) is 6.69. The number of para-hydroxylation sites is 1. The molecule has 0 bridgehead atoms. The summed E-state index contributed by atoms with van der Waals surface area (Å²) in [5.74, 6) is 0.525. The fourth-order valence-electron chi connectivity index (χ4n) is 3.37. The second kappa shape index (κ2) is 7.60. The molecule has 1 aliphatic rings. The molecule has 1 atom stereocenters. The van der Waals surface area contributed by atoms with Crippen molar-refractivity contribution in [3.63, 3.8) is 0 Å². The van der Waals surface area contributed by atoms with Gasteiger partial charge in [-0.3, -0.25) is 9.59 Å². The van der Waals surface area contributed by atoms with Gasteiger partial charge in [0.2, 0.25) is 5.91 Å². The molecule has 0 radical (unpaired) electrons. The highest BCUT2D eigenvalue weighted by atomic mass is 16.5. The van der Waals surface area contributed by atoms with Crippen molar-refractivity contribution < 1.29 is 18.7 Å². The quantitative estimate of drug-likeness (QED) is 0.742. The number of primary amides is 1. The Bertz CT molecular complexity index is 997. The van der Waals surface area contributed by atoms with E-state index < -0.39 is 11.9 Å². The molecular weight excluding hydrogens is 356 g/mol. The summed E-state index contributed by atoms with van der Waals surface area (Å²) in [5, 5.41) is 0. The Kier molecular flexibility index (Phi) is 4.85. The zero-order valence-corrected chi connectivity index (χ0v) is 15.2.